The first kappa shape index (κ1) is 21.3. The monoisotopic (exact) mass is 489 g/mol. The zero-order valence-electron chi connectivity index (χ0n) is 19.7. The van der Waals surface area contributed by atoms with Gasteiger partial charge in [0.2, 0.25) is 5.88 Å². The molecule has 0 saturated carbocycles. The fraction of sp³-hybridized carbons (Fsp3) is 0.107. The number of benzene rings is 2. The number of fused-ring (bicyclic) bond motifs is 6. The standard InChI is InChI=1S/C28H19N5O4/c1-2-35-18-11-9-16(10-12-18)21-22-24(19-7-3-4-8-20(19)36-28(22)34)37-27-23(21)26-31-25(32-33(26)15-30-27)17-6-5-13-29-14-17/h3-15,21H,2H2,1H3. The summed E-state index contributed by atoms with van der Waals surface area (Å²) in [6.45, 7) is 2.49. The fourth-order valence-corrected chi connectivity index (χ4v) is 4.80. The quantitative estimate of drug-likeness (QED) is 0.319. The Kier molecular flexibility index (Phi) is 4.75. The van der Waals surface area contributed by atoms with Gasteiger partial charge in [-0.1, -0.05) is 24.3 Å². The SMILES string of the molecule is CCOc1ccc(C2c3c(c4ccccc4oc3=O)Oc3ncn4nc(-c5cccnc5)nc4c32)cc1. The molecule has 0 aliphatic carbocycles. The van der Waals surface area contributed by atoms with Crippen molar-refractivity contribution in [1.29, 1.82) is 0 Å². The molecule has 0 N–H and O–H groups in total. The number of pyridine rings is 1. The van der Waals surface area contributed by atoms with Gasteiger partial charge in [-0.15, -0.1) is 5.10 Å². The molecule has 7 rings (SSSR count). The van der Waals surface area contributed by atoms with E-state index in [2.05, 4.69) is 15.1 Å². The Labute approximate surface area is 210 Å². The van der Waals surface area contributed by atoms with E-state index in [1.54, 1.807) is 29.3 Å². The molecule has 0 saturated heterocycles. The average Bonchev–Trinajstić information content (AvgIpc) is 3.38. The van der Waals surface area contributed by atoms with E-state index in [1.165, 1.54) is 0 Å². The molecule has 1 atom stereocenters. The van der Waals surface area contributed by atoms with Crippen molar-refractivity contribution >= 4 is 16.6 Å². The molecule has 0 spiro atoms. The third-order valence-corrected chi connectivity index (χ3v) is 6.41. The van der Waals surface area contributed by atoms with E-state index in [9.17, 15) is 4.79 Å². The smallest absolute Gasteiger partial charge is 0.344 e. The van der Waals surface area contributed by atoms with Gasteiger partial charge >= 0.3 is 5.63 Å². The van der Waals surface area contributed by atoms with Crippen molar-refractivity contribution in [3.63, 3.8) is 0 Å². The van der Waals surface area contributed by atoms with Gasteiger partial charge in [0.25, 0.3) is 0 Å². The van der Waals surface area contributed by atoms with Gasteiger partial charge in [-0.05, 0) is 48.9 Å². The Morgan fingerprint density at radius 1 is 1.03 bits per heavy atom. The Balaban J connectivity index is 1.52. The first-order valence-electron chi connectivity index (χ1n) is 11.8. The van der Waals surface area contributed by atoms with Crippen LogP contribution in [0.2, 0.25) is 0 Å². The van der Waals surface area contributed by atoms with Crippen LogP contribution in [0.5, 0.6) is 17.4 Å². The van der Waals surface area contributed by atoms with Crippen molar-refractivity contribution in [1.82, 2.24) is 24.6 Å². The summed E-state index contributed by atoms with van der Waals surface area (Å²) >= 11 is 0. The molecule has 0 fully saturated rings. The second kappa shape index (κ2) is 8.27. The van der Waals surface area contributed by atoms with E-state index in [-0.39, 0.29) is 0 Å². The molecule has 6 aromatic rings. The summed E-state index contributed by atoms with van der Waals surface area (Å²) in [6.07, 6.45) is 4.96. The third-order valence-electron chi connectivity index (χ3n) is 6.41. The summed E-state index contributed by atoms with van der Waals surface area (Å²) in [5, 5.41) is 5.30. The highest BCUT2D eigenvalue weighted by atomic mass is 16.5. The van der Waals surface area contributed by atoms with Crippen molar-refractivity contribution < 1.29 is 13.9 Å². The van der Waals surface area contributed by atoms with Crippen LogP contribution < -0.4 is 15.1 Å². The number of aromatic nitrogens is 5. The summed E-state index contributed by atoms with van der Waals surface area (Å²) in [4.78, 5) is 27.0. The molecule has 0 radical (unpaired) electrons. The first-order valence-corrected chi connectivity index (χ1v) is 11.8. The zero-order chi connectivity index (χ0) is 24.9. The predicted octanol–water partition coefficient (Wildman–Crippen LogP) is 4.98. The number of rotatable bonds is 4. The van der Waals surface area contributed by atoms with Crippen LogP contribution in [0, 0.1) is 0 Å². The van der Waals surface area contributed by atoms with E-state index < -0.39 is 11.5 Å². The lowest BCUT2D eigenvalue weighted by Gasteiger charge is -2.27. The fourth-order valence-electron chi connectivity index (χ4n) is 4.80. The van der Waals surface area contributed by atoms with Crippen LogP contribution in [0.25, 0.3) is 28.0 Å². The molecule has 4 aromatic heterocycles. The lowest BCUT2D eigenvalue weighted by molar-refractivity contribution is 0.340. The molecule has 9 heteroatoms. The van der Waals surface area contributed by atoms with Crippen LogP contribution in [0.3, 0.4) is 0 Å². The summed E-state index contributed by atoms with van der Waals surface area (Å²) < 4.78 is 19.3. The summed E-state index contributed by atoms with van der Waals surface area (Å²) in [7, 11) is 0. The minimum atomic E-state index is -0.558. The molecule has 180 valence electrons. The van der Waals surface area contributed by atoms with E-state index in [1.807, 2.05) is 61.5 Å². The number of ether oxygens (including phenoxy) is 2. The van der Waals surface area contributed by atoms with Crippen LogP contribution in [0.4, 0.5) is 0 Å². The summed E-state index contributed by atoms with van der Waals surface area (Å²) in [6, 6.07) is 18.7. The van der Waals surface area contributed by atoms with Gasteiger partial charge in [-0.2, -0.15) is 0 Å². The topological polar surface area (TPSA) is 105 Å². The van der Waals surface area contributed by atoms with Gasteiger partial charge in [0.05, 0.1) is 29.0 Å². The molecule has 5 heterocycles. The first-order chi connectivity index (χ1) is 18.2. The van der Waals surface area contributed by atoms with Crippen LogP contribution in [0.15, 0.2) is 88.6 Å². The number of para-hydroxylation sites is 1. The second-order valence-corrected chi connectivity index (χ2v) is 8.57. The maximum atomic E-state index is 13.5. The molecular weight excluding hydrogens is 470 g/mol. The summed E-state index contributed by atoms with van der Waals surface area (Å²) in [5.41, 5.74) is 3.12. The van der Waals surface area contributed by atoms with Gasteiger partial charge in [0, 0.05) is 18.0 Å². The maximum absolute atomic E-state index is 13.5. The predicted molar refractivity (Wildman–Crippen MR) is 135 cm³/mol. The van der Waals surface area contributed by atoms with E-state index in [0.717, 1.165) is 16.9 Å². The molecule has 37 heavy (non-hydrogen) atoms. The van der Waals surface area contributed by atoms with Crippen molar-refractivity contribution in [3.05, 3.63) is 106 Å². The Bertz CT molecular complexity index is 1850. The maximum Gasteiger partial charge on any atom is 0.344 e. The molecular formula is C28H19N5O4. The molecule has 9 nitrogen and oxygen atoms in total. The normalized spacial score (nSPS) is 14.2. The Morgan fingerprint density at radius 2 is 1.89 bits per heavy atom. The third kappa shape index (κ3) is 3.35. The van der Waals surface area contributed by atoms with Crippen molar-refractivity contribution in [2.45, 2.75) is 12.8 Å². The van der Waals surface area contributed by atoms with Crippen LogP contribution in [0.1, 0.15) is 29.5 Å². The molecule has 1 unspecified atom stereocenters. The van der Waals surface area contributed by atoms with E-state index in [4.69, 9.17) is 18.9 Å². The van der Waals surface area contributed by atoms with Gasteiger partial charge < -0.3 is 13.9 Å². The van der Waals surface area contributed by atoms with Crippen molar-refractivity contribution in [2.24, 2.45) is 0 Å². The Morgan fingerprint density at radius 3 is 2.70 bits per heavy atom. The minimum absolute atomic E-state index is 0.361. The van der Waals surface area contributed by atoms with Gasteiger partial charge in [-0.3, -0.25) is 4.98 Å². The largest absolute Gasteiger partial charge is 0.494 e. The number of nitrogens with zero attached hydrogens (tertiary/aromatic N) is 5. The van der Waals surface area contributed by atoms with Crippen LogP contribution in [-0.4, -0.2) is 31.2 Å². The minimum Gasteiger partial charge on any atom is -0.494 e. The second-order valence-electron chi connectivity index (χ2n) is 8.57. The summed E-state index contributed by atoms with van der Waals surface area (Å²) in [5.74, 6) is 1.46. The number of hydrogen-bond donors (Lipinski definition) is 0. The molecule has 1 aliphatic rings. The average molecular weight is 489 g/mol. The lowest BCUT2D eigenvalue weighted by Crippen LogP contribution is -2.22. The molecule has 1 aliphatic heterocycles. The highest BCUT2D eigenvalue weighted by molar-refractivity contribution is 5.87. The lowest BCUT2D eigenvalue weighted by atomic mass is 9.84. The number of hydrogen-bond acceptors (Lipinski definition) is 8. The van der Waals surface area contributed by atoms with Crippen molar-refractivity contribution in [3.8, 4) is 28.8 Å². The van der Waals surface area contributed by atoms with Gasteiger partial charge in [0.1, 0.15) is 17.7 Å². The molecule has 0 bridgehead atoms. The van der Waals surface area contributed by atoms with Gasteiger partial charge in [-0.25, -0.2) is 19.3 Å². The highest BCUT2D eigenvalue weighted by Gasteiger charge is 2.37. The van der Waals surface area contributed by atoms with E-state index >= 15 is 0 Å². The molecule has 0 amide bonds. The zero-order valence-corrected chi connectivity index (χ0v) is 19.7. The van der Waals surface area contributed by atoms with Gasteiger partial charge in [0.15, 0.2) is 17.2 Å². The Hall–Kier alpha value is -5.05. The van der Waals surface area contributed by atoms with E-state index in [0.29, 0.717) is 51.8 Å². The highest BCUT2D eigenvalue weighted by Crippen LogP contribution is 2.48. The van der Waals surface area contributed by atoms with Crippen LogP contribution in [-0.2, 0) is 0 Å². The van der Waals surface area contributed by atoms with Crippen LogP contribution >= 0.6 is 0 Å². The molecule has 2 aromatic carbocycles. The van der Waals surface area contributed by atoms with Crippen molar-refractivity contribution in [2.75, 3.05) is 6.61 Å².